The molecule has 0 aliphatic heterocycles. The molecular weight excluding hydrogens is 528 g/mol. The summed E-state index contributed by atoms with van der Waals surface area (Å²) in [6, 6.07) is 10.5. The van der Waals surface area contributed by atoms with Crippen molar-refractivity contribution >= 4 is 63.7 Å². The summed E-state index contributed by atoms with van der Waals surface area (Å²) in [5.74, 6) is 0.894. The van der Waals surface area contributed by atoms with Gasteiger partial charge in [-0.15, -0.1) is 0 Å². The van der Waals surface area contributed by atoms with Crippen LogP contribution < -0.4 is 4.74 Å². The van der Waals surface area contributed by atoms with Crippen LogP contribution in [-0.2, 0) is 17.3 Å². The van der Waals surface area contributed by atoms with Crippen molar-refractivity contribution in [2.24, 2.45) is 0 Å². The second kappa shape index (κ2) is 8.14. The highest BCUT2D eigenvalue weighted by Gasteiger charge is 2.06. The van der Waals surface area contributed by atoms with Gasteiger partial charge in [0.1, 0.15) is 12.4 Å². The SMILES string of the molecule is Cc1cc(Br)c(COc2cc(CBr)cc(CBr)c2)cc1Br. The maximum absolute atomic E-state index is 5.96. The van der Waals surface area contributed by atoms with Crippen molar-refractivity contribution in [2.45, 2.75) is 24.2 Å². The highest BCUT2D eigenvalue weighted by atomic mass is 79.9. The van der Waals surface area contributed by atoms with Gasteiger partial charge < -0.3 is 4.74 Å². The molecule has 0 N–H and O–H groups in total. The number of hydrogen-bond acceptors (Lipinski definition) is 1. The molecular formula is C16H14Br4O. The number of ether oxygens (including phenoxy) is 1. The van der Waals surface area contributed by atoms with Crippen molar-refractivity contribution in [2.75, 3.05) is 0 Å². The zero-order valence-corrected chi connectivity index (χ0v) is 17.8. The monoisotopic (exact) mass is 538 g/mol. The summed E-state index contributed by atoms with van der Waals surface area (Å²) in [6.07, 6.45) is 0. The van der Waals surface area contributed by atoms with E-state index in [0.717, 1.165) is 30.9 Å². The van der Waals surface area contributed by atoms with Gasteiger partial charge in [-0.25, -0.2) is 0 Å². The number of halogens is 4. The van der Waals surface area contributed by atoms with E-state index in [9.17, 15) is 0 Å². The molecule has 0 aromatic heterocycles. The van der Waals surface area contributed by atoms with Crippen molar-refractivity contribution in [3.63, 3.8) is 0 Å². The van der Waals surface area contributed by atoms with Gasteiger partial charge >= 0.3 is 0 Å². The predicted molar refractivity (Wildman–Crippen MR) is 103 cm³/mol. The van der Waals surface area contributed by atoms with E-state index in [1.165, 1.54) is 16.7 Å². The van der Waals surface area contributed by atoms with Gasteiger partial charge in [0.05, 0.1) is 0 Å². The predicted octanol–water partition coefficient (Wildman–Crippen LogP) is 6.89. The Morgan fingerprint density at radius 2 is 1.48 bits per heavy atom. The minimum absolute atomic E-state index is 0.535. The van der Waals surface area contributed by atoms with Crippen molar-refractivity contribution in [1.29, 1.82) is 0 Å². The molecule has 0 fully saturated rings. The normalized spacial score (nSPS) is 10.7. The third kappa shape index (κ3) is 4.81. The lowest BCUT2D eigenvalue weighted by molar-refractivity contribution is 0.305. The smallest absolute Gasteiger partial charge is 0.120 e. The molecule has 0 bridgehead atoms. The number of benzene rings is 2. The van der Waals surface area contributed by atoms with Crippen LogP contribution in [0.15, 0.2) is 39.3 Å². The third-order valence-corrected chi connectivity index (χ3v) is 5.94. The molecule has 1 nitrogen and oxygen atoms in total. The largest absolute Gasteiger partial charge is 0.489 e. The number of alkyl halides is 2. The zero-order valence-electron chi connectivity index (χ0n) is 11.4. The maximum atomic E-state index is 5.96. The minimum Gasteiger partial charge on any atom is -0.489 e. The Hall–Kier alpha value is 0.160. The van der Waals surface area contributed by atoms with Gasteiger partial charge in [-0.1, -0.05) is 69.8 Å². The molecule has 2 aromatic rings. The van der Waals surface area contributed by atoms with E-state index in [4.69, 9.17) is 4.74 Å². The Bertz CT molecular complexity index is 618. The number of aryl methyl sites for hydroxylation is 1. The van der Waals surface area contributed by atoms with E-state index < -0.39 is 0 Å². The van der Waals surface area contributed by atoms with Crippen LogP contribution in [0.1, 0.15) is 22.3 Å². The fraction of sp³-hybridized carbons (Fsp3) is 0.250. The minimum atomic E-state index is 0.535. The highest BCUT2D eigenvalue weighted by molar-refractivity contribution is 9.11. The summed E-state index contributed by atoms with van der Waals surface area (Å²) in [6.45, 7) is 2.61. The van der Waals surface area contributed by atoms with Gasteiger partial charge in [-0.3, -0.25) is 0 Å². The van der Waals surface area contributed by atoms with Crippen molar-refractivity contribution in [3.05, 3.63) is 61.5 Å². The van der Waals surface area contributed by atoms with Crippen LogP contribution >= 0.6 is 63.7 Å². The fourth-order valence-electron chi connectivity index (χ4n) is 1.93. The zero-order chi connectivity index (χ0) is 15.4. The van der Waals surface area contributed by atoms with Crippen LogP contribution in [0.5, 0.6) is 5.75 Å². The van der Waals surface area contributed by atoms with Crippen molar-refractivity contribution in [3.8, 4) is 5.75 Å². The Balaban J connectivity index is 2.18. The van der Waals surface area contributed by atoms with Crippen LogP contribution in [0.3, 0.4) is 0 Å². The lowest BCUT2D eigenvalue weighted by Crippen LogP contribution is -1.98. The molecule has 0 amide bonds. The first-order valence-electron chi connectivity index (χ1n) is 6.35. The summed E-state index contributed by atoms with van der Waals surface area (Å²) < 4.78 is 8.13. The molecule has 0 atom stereocenters. The Morgan fingerprint density at radius 3 is 2.05 bits per heavy atom. The molecule has 112 valence electrons. The second-order valence-corrected chi connectivity index (χ2v) is 7.56. The van der Waals surface area contributed by atoms with Crippen LogP contribution in [0, 0.1) is 6.92 Å². The Morgan fingerprint density at radius 1 is 0.857 bits per heavy atom. The molecule has 0 heterocycles. The van der Waals surface area contributed by atoms with Crippen LogP contribution in [0.2, 0.25) is 0 Å². The number of hydrogen-bond donors (Lipinski definition) is 0. The van der Waals surface area contributed by atoms with Crippen LogP contribution in [-0.4, -0.2) is 0 Å². The van der Waals surface area contributed by atoms with Gasteiger partial charge in [0.15, 0.2) is 0 Å². The van der Waals surface area contributed by atoms with Gasteiger partial charge in [0, 0.05) is 25.2 Å². The fourth-order valence-corrected chi connectivity index (χ4v) is 3.54. The van der Waals surface area contributed by atoms with E-state index in [2.05, 4.69) is 101 Å². The summed E-state index contributed by atoms with van der Waals surface area (Å²) in [7, 11) is 0. The Kier molecular flexibility index (Phi) is 6.79. The van der Waals surface area contributed by atoms with Gasteiger partial charge in [-0.2, -0.15) is 0 Å². The standard InChI is InChI=1S/C16H14Br4O/c1-10-2-16(20)13(6-15(10)19)9-21-14-4-11(7-17)3-12(5-14)8-18/h2-6H,7-9H2,1H3. The summed E-state index contributed by atoms with van der Waals surface area (Å²) >= 11 is 14.1. The molecule has 2 rings (SSSR count). The van der Waals surface area contributed by atoms with E-state index in [1.807, 2.05) is 0 Å². The first kappa shape index (κ1) is 17.5. The van der Waals surface area contributed by atoms with Crippen molar-refractivity contribution in [1.82, 2.24) is 0 Å². The van der Waals surface area contributed by atoms with Crippen LogP contribution in [0.4, 0.5) is 0 Å². The average molecular weight is 542 g/mol. The van der Waals surface area contributed by atoms with Gasteiger partial charge in [0.2, 0.25) is 0 Å². The summed E-state index contributed by atoms with van der Waals surface area (Å²) in [4.78, 5) is 0. The lowest BCUT2D eigenvalue weighted by atomic mass is 10.1. The molecule has 5 heteroatoms. The second-order valence-electron chi connectivity index (χ2n) is 4.73. The molecule has 0 aliphatic rings. The molecule has 0 saturated heterocycles. The molecule has 0 spiro atoms. The highest BCUT2D eigenvalue weighted by Crippen LogP contribution is 2.27. The van der Waals surface area contributed by atoms with E-state index in [1.54, 1.807) is 0 Å². The van der Waals surface area contributed by atoms with Crippen molar-refractivity contribution < 1.29 is 4.74 Å². The molecule has 21 heavy (non-hydrogen) atoms. The topological polar surface area (TPSA) is 9.23 Å². The maximum Gasteiger partial charge on any atom is 0.120 e. The first-order chi connectivity index (χ1) is 10.0. The summed E-state index contributed by atoms with van der Waals surface area (Å²) in [5.41, 5.74) is 4.75. The Labute approximate surface area is 159 Å². The van der Waals surface area contributed by atoms with Gasteiger partial charge in [-0.05, 0) is 47.9 Å². The van der Waals surface area contributed by atoms with E-state index >= 15 is 0 Å². The molecule has 0 unspecified atom stereocenters. The molecule has 2 aromatic carbocycles. The summed E-state index contributed by atoms with van der Waals surface area (Å²) in [5, 5.41) is 1.65. The average Bonchev–Trinajstić information content (AvgIpc) is 2.49. The van der Waals surface area contributed by atoms with E-state index in [0.29, 0.717) is 6.61 Å². The van der Waals surface area contributed by atoms with Gasteiger partial charge in [0.25, 0.3) is 0 Å². The molecule has 0 aliphatic carbocycles. The molecule has 0 radical (unpaired) electrons. The quantitative estimate of drug-likeness (QED) is 0.375. The lowest BCUT2D eigenvalue weighted by Gasteiger charge is -2.12. The first-order valence-corrected chi connectivity index (χ1v) is 10.2. The van der Waals surface area contributed by atoms with Crippen LogP contribution in [0.25, 0.3) is 0 Å². The molecule has 0 saturated carbocycles. The number of rotatable bonds is 5. The van der Waals surface area contributed by atoms with E-state index in [-0.39, 0.29) is 0 Å². The third-order valence-electron chi connectivity index (χ3n) is 3.06.